The predicted molar refractivity (Wildman–Crippen MR) is 51.3 cm³/mol. The summed E-state index contributed by atoms with van der Waals surface area (Å²) in [5, 5.41) is 5.54. The maximum absolute atomic E-state index is 11.8. The Morgan fingerprint density at radius 1 is 1.14 bits per heavy atom. The summed E-state index contributed by atoms with van der Waals surface area (Å²) >= 11 is 0. The Morgan fingerprint density at radius 3 is 2.00 bits per heavy atom. The zero-order chi connectivity index (χ0) is 11.4. The summed E-state index contributed by atoms with van der Waals surface area (Å²) in [4.78, 5) is 0. The summed E-state index contributed by atoms with van der Waals surface area (Å²) in [7, 11) is 0. The zero-order valence-electron chi connectivity index (χ0n) is 9.13. The lowest BCUT2D eigenvalue weighted by atomic mass is 10.1. The molecular formula is C9H19F3N2. The third-order valence-corrected chi connectivity index (χ3v) is 1.59. The molecule has 0 spiro atoms. The molecule has 0 amide bonds. The highest BCUT2D eigenvalue weighted by atomic mass is 19.4. The van der Waals surface area contributed by atoms with E-state index in [2.05, 4.69) is 10.6 Å². The van der Waals surface area contributed by atoms with Crippen LogP contribution in [0.15, 0.2) is 0 Å². The molecule has 0 bridgehead atoms. The van der Waals surface area contributed by atoms with Crippen molar-refractivity contribution in [1.29, 1.82) is 0 Å². The van der Waals surface area contributed by atoms with E-state index in [0.29, 0.717) is 6.54 Å². The zero-order valence-corrected chi connectivity index (χ0v) is 9.13. The fourth-order valence-corrected chi connectivity index (χ4v) is 0.821. The van der Waals surface area contributed by atoms with Gasteiger partial charge in [0.15, 0.2) is 0 Å². The Labute approximate surface area is 83.3 Å². The van der Waals surface area contributed by atoms with E-state index < -0.39 is 12.7 Å². The van der Waals surface area contributed by atoms with Crippen molar-refractivity contribution in [3.05, 3.63) is 0 Å². The lowest BCUT2D eigenvalue weighted by Crippen LogP contribution is -2.46. The summed E-state index contributed by atoms with van der Waals surface area (Å²) in [6.07, 6.45) is -4.13. The Bertz CT molecular complexity index is 142. The van der Waals surface area contributed by atoms with Crippen molar-refractivity contribution >= 4 is 0 Å². The first-order chi connectivity index (χ1) is 6.10. The second-order valence-electron chi connectivity index (χ2n) is 4.53. The van der Waals surface area contributed by atoms with Crippen LogP contribution in [0.1, 0.15) is 27.7 Å². The highest BCUT2D eigenvalue weighted by Gasteiger charge is 2.27. The minimum atomic E-state index is -4.13. The summed E-state index contributed by atoms with van der Waals surface area (Å²) < 4.78 is 35.4. The molecule has 2 N–H and O–H groups in total. The molecule has 0 aromatic carbocycles. The molecule has 5 heteroatoms. The van der Waals surface area contributed by atoms with Crippen LogP contribution in [0.5, 0.6) is 0 Å². The highest BCUT2D eigenvalue weighted by molar-refractivity contribution is 4.74. The first-order valence-electron chi connectivity index (χ1n) is 4.65. The van der Waals surface area contributed by atoms with Crippen molar-refractivity contribution in [2.75, 3.05) is 13.1 Å². The lowest BCUT2D eigenvalue weighted by molar-refractivity contribution is -0.126. The molecule has 0 aromatic heterocycles. The first kappa shape index (κ1) is 13.7. The summed E-state index contributed by atoms with van der Waals surface area (Å²) in [6, 6.07) is -0.184. The van der Waals surface area contributed by atoms with Gasteiger partial charge < -0.3 is 10.6 Å². The van der Waals surface area contributed by atoms with E-state index in [-0.39, 0.29) is 11.6 Å². The number of nitrogens with one attached hydrogen (secondary N) is 2. The van der Waals surface area contributed by atoms with Gasteiger partial charge in [0.2, 0.25) is 0 Å². The van der Waals surface area contributed by atoms with Crippen LogP contribution in [0, 0.1) is 0 Å². The van der Waals surface area contributed by atoms with Crippen LogP contribution in [0.2, 0.25) is 0 Å². The third kappa shape index (κ3) is 9.80. The van der Waals surface area contributed by atoms with Gasteiger partial charge in [-0.3, -0.25) is 0 Å². The summed E-state index contributed by atoms with van der Waals surface area (Å²) in [6.45, 7) is 7.25. The summed E-state index contributed by atoms with van der Waals surface area (Å²) in [5.74, 6) is 0. The average Bonchev–Trinajstić information content (AvgIpc) is 1.94. The van der Waals surface area contributed by atoms with Gasteiger partial charge in [-0.25, -0.2) is 0 Å². The number of alkyl halides is 3. The van der Waals surface area contributed by atoms with Gasteiger partial charge in [-0.05, 0) is 27.7 Å². The normalized spacial score (nSPS) is 15.6. The number of hydrogen-bond donors (Lipinski definition) is 2. The van der Waals surface area contributed by atoms with Gasteiger partial charge in [-0.1, -0.05) is 0 Å². The number of rotatable bonds is 4. The van der Waals surface area contributed by atoms with Crippen LogP contribution >= 0.6 is 0 Å². The van der Waals surface area contributed by atoms with Gasteiger partial charge in [0.05, 0.1) is 6.54 Å². The quantitative estimate of drug-likeness (QED) is 0.744. The van der Waals surface area contributed by atoms with Crippen molar-refractivity contribution in [3.63, 3.8) is 0 Å². The molecule has 0 aliphatic rings. The second-order valence-corrected chi connectivity index (χ2v) is 4.53. The molecule has 0 saturated carbocycles. The molecule has 0 heterocycles. The Kier molecular flexibility index (Phi) is 4.88. The second kappa shape index (κ2) is 4.98. The molecule has 86 valence electrons. The molecular weight excluding hydrogens is 193 g/mol. The molecule has 0 aliphatic carbocycles. The van der Waals surface area contributed by atoms with E-state index in [4.69, 9.17) is 0 Å². The topological polar surface area (TPSA) is 24.1 Å². The van der Waals surface area contributed by atoms with Crippen LogP contribution in [-0.4, -0.2) is 30.8 Å². The minimum Gasteiger partial charge on any atom is -0.311 e. The number of hydrogen-bond acceptors (Lipinski definition) is 2. The van der Waals surface area contributed by atoms with Crippen molar-refractivity contribution in [2.24, 2.45) is 0 Å². The minimum absolute atomic E-state index is 0.0613. The molecule has 0 radical (unpaired) electrons. The Balaban J connectivity index is 3.62. The standard InChI is InChI=1S/C9H19F3N2/c1-7(5-14-8(2,3)4)13-6-9(10,11)12/h7,13-14H,5-6H2,1-4H3. The fraction of sp³-hybridized carbons (Fsp3) is 1.00. The van der Waals surface area contributed by atoms with Crippen molar-refractivity contribution in [1.82, 2.24) is 10.6 Å². The SMILES string of the molecule is CC(CNC(C)(C)C)NCC(F)(F)F. The predicted octanol–water partition coefficient (Wildman–Crippen LogP) is 1.91. The Morgan fingerprint density at radius 2 is 1.64 bits per heavy atom. The van der Waals surface area contributed by atoms with Crippen LogP contribution in [0.3, 0.4) is 0 Å². The maximum atomic E-state index is 11.8. The average molecular weight is 212 g/mol. The maximum Gasteiger partial charge on any atom is 0.401 e. The number of halogens is 3. The fourth-order valence-electron chi connectivity index (χ4n) is 0.821. The largest absolute Gasteiger partial charge is 0.401 e. The van der Waals surface area contributed by atoms with E-state index in [0.717, 1.165) is 0 Å². The van der Waals surface area contributed by atoms with Crippen LogP contribution in [-0.2, 0) is 0 Å². The molecule has 0 fully saturated rings. The molecule has 0 saturated heterocycles. The van der Waals surface area contributed by atoms with E-state index in [1.165, 1.54) is 0 Å². The van der Waals surface area contributed by atoms with Crippen molar-refractivity contribution in [2.45, 2.75) is 45.5 Å². The van der Waals surface area contributed by atoms with Gasteiger partial charge in [0.1, 0.15) is 0 Å². The third-order valence-electron chi connectivity index (χ3n) is 1.59. The van der Waals surface area contributed by atoms with Crippen LogP contribution < -0.4 is 10.6 Å². The van der Waals surface area contributed by atoms with Crippen LogP contribution in [0.25, 0.3) is 0 Å². The molecule has 0 aromatic rings. The molecule has 1 atom stereocenters. The van der Waals surface area contributed by atoms with Gasteiger partial charge in [-0.15, -0.1) is 0 Å². The Hall–Kier alpha value is -0.290. The molecule has 0 rings (SSSR count). The smallest absolute Gasteiger partial charge is 0.311 e. The molecule has 14 heavy (non-hydrogen) atoms. The van der Waals surface area contributed by atoms with Gasteiger partial charge in [0, 0.05) is 18.1 Å². The van der Waals surface area contributed by atoms with Crippen molar-refractivity contribution < 1.29 is 13.2 Å². The first-order valence-corrected chi connectivity index (χ1v) is 4.65. The molecule has 0 aliphatic heterocycles. The van der Waals surface area contributed by atoms with Gasteiger partial charge >= 0.3 is 6.18 Å². The van der Waals surface area contributed by atoms with Crippen LogP contribution in [0.4, 0.5) is 13.2 Å². The van der Waals surface area contributed by atoms with E-state index in [1.807, 2.05) is 20.8 Å². The van der Waals surface area contributed by atoms with E-state index in [1.54, 1.807) is 6.92 Å². The van der Waals surface area contributed by atoms with Crippen molar-refractivity contribution in [3.8, 4) is 0 Å². The lowest BCUT2D eigenvalue weighted by Gasteiger charge is -2.24. The summed E-state index contributed by atoms with van der Waals surface area (Å²) in [5.41, 5.74) is -0.0613. The van der Waals surface area contributed by atoms with Gasteiger partial charge in [-0.2, -0.15) is 13.2 Å². The monoisotopic (exact) mass is 212 g/mol. The van der Waals surface area contributed by atoms with Gasteiger partial charge in [0.25, 0.3) is 0 Å². The van der Waals surface area contributed by atoms with E-state index in [9.17, 15) is 13.2 Å². The van der Waals surface area contributed by atoms with E-state index >= 15 is 0 Å². The molecule has 2 nitrogen and oxygen atoms in total. The molecule has 1 unspecified atom stereocenters. The highest BCUT2D eigenvalue weighted by Crippen LogP contribution is 2.12.